The molecule has 0 aromatic carbocycles. The minimum absolute atomic E-state index is 0.0765. The average molecular weight is 429 g/mol. The highest BCUT2D eigenvalue weighted by molar-refractivity contribution is 8.54. The van der Waals surface area contributed by atoms with E-state index in [1.807, 2.05) is 5.32 Å². The van der Waals surface area contributed by atoms with Gasteiger partial charge in [0.1, 0.15) is 18.6 Å². The first kappa shape index (κ1) is 24.8. The smallest absolute Gasteiger partial charge is 0.384 e. The number of carbonyl (C=O) groups excluding carboxylic acids is 3. The van der Waals surface area contributed by atoms with E-state index in [0.29, 0.717) is 0 Å². The van der Waals surface area contributed by atoms with E-state index in [1.54, 1.807) is 0 Å². The van der Waals surface area contributed by atoms with Crippen molar-refractivity contribution in [3.8, 4) is 0 Å². The van der Waals surface area contributed by atoms with E-state index in [0.717, 1.165) is 6.92 Å². The molecule has 0 saturated heterocycles. The lowest BCUT2D eigenvalue weighted by Gasteiger charge is -2.19. The number of hydrogen-bond donors (Lipinski definition) is 7. The van der Waals surface area contributed by atoms with Gasteiger partial charge in [0.25, 0.3) is 0 Å². The number of rotatable bonds is 12. The van der Waals surface area contributed by atoms with Gasteiger partial charge < -0.3 is 36.0 Å². The van der Waals surface area contributed by atoms with E-state index < -0.39 is 67.3 Å². The molecule has 0 aromatic heterocycles. The Morgan fingerprint density at radius 2 is 1.63 bits per heavy atom. The van der Waals surface area contributed by atoms with Crippen molar-refractivity contribution in [3.05, 3.63) is 0 Å². The summed E-state index contributed by atoms with van der Waals surface area (Å²) in [7, 11) is 0. The van der Waals surface area contributed by atoms with Crippen LogP contribution in [0.15, 0.2) is 0 Å². The van der Waals surface area contributed by atoms with E-state index >= 15 is 0 Å². The third-order valence-electron chi connectivity index (χ3n) is 2.81. The van der Waals surface area contributed by atoms with E-state index in [9.17, 15) is 28.5 Å². The summed E-state index contributed by atoms with van der Waals surface area (Å²) in [6.07, 6.45) is -0.712. The van der Waals surface area contributed by atoms with Gasteiger partial charge in [0.05, 0.1) is 0 Å². The summed E-state index contributed by atoms with van der Waals surface area (Å²) >= 11 is 0.0765. The maximum Gasteiger partial charge on any atom is 0.384 e. The second-order valence-electron chi connectivity index (χ2n) is 5.15. The van der Waals surface area contributed by atoms with E-state index in [-0.39, 0.29) is 17.8 Å². The normalized spacial score (nSPS) is 13.1. The predicted octanol–water partition coefficient (Wildman–Crippen LogP) is -2.13. The van der Waals surface area contributed by atoms with Crippen molar-refractivity contribution < 1.29 is 48.5 Å². The topological polar surface area (TPSA) is 219 Å². The first-order chi connectivity index (χ1) is 12.3. The van der Waals surface area contributed by atoms with Gasteiger partial charge in [-0.05, 0) is 17.8 Å². The Labute approximate surface area is 157 Å². The fourth-order valence-electron chi connectivity index (χ4n) is 1.69. The minimum atomic E-state index is -4.56. The Kier molecular flexibility index (Phi) is 10.6. The van der Waals surface area contributed by atoms with E-state index in [4.69, 9.17) is 20.0 Å². The quantitative estimate of drug-likeness (QED) is 0.166. The summed E-state index contributed by atoms with van der Waals surface area (Å²) in [5.74, 6) is -5.71. The molecule has 0 rings (SSSR count). The standard InChI is InChI=1S/C12H20N3O10PS/c1-6(16)14-7(12(21)22)2-3-9(17)15-8(5-27-26(23,24)25)11(20)13-4-10(18)19/h7-8H,2-5H2,1H3,(H,13,20)(H,14,16)(H,15,17)(H,18,19)(H,21,22)(H2,23,24,25)/t7-,8-/m0/s1. The van der Waals surface area contributed by atoms with Gasteiger partial charge in [-0.25, -0.2) is 9.36 Å². The second-order valence-corrected chi connectivity index (χ2v) is 8.92. The van der Waals surface area contributed by atoms with Gasteiger partial charge >= 0.3 is 18.7 Å². The number of carboxylic acid groups (broad SMARTS) is 2. The van der Waals surface area contributed by atoms with E-state index in [2.05, 4.69) is 10.6 Å². The summed E-state index contributed by atoms with van der Waals surface area (Å²) in [4.78, 5) is 73.9. The molecule has 3 amide bonds. The molecule has 0 radical (unpaired) electrons. The number of carboxylic acids is 2. The molecule has 2 atom stereocenters. The lowest BCUT2D eigenvalue weighted by Crippen LogP contribution is -2.49. The third kappa shape index (κ3) is 12.8. The Morgan fingerprint density at radius 3 is 2.07 bits per heavy atom. The first-order valence-corrected chi connectivity index (χ1v) is 10.5. The van der Waals surface area contributed by atoms with E-state index in [1.165, 1.54) is 0 Å². The minimum Gasteiger partial charge on any atom is -0.480 e. The Morgan fingerprint density at radius 1 is 1.04 bits per heavy atom. The van der Waals surface area contributed by atoms with Crippen LogP contribution >= 0.6 is 18.2 Å². The molecule has 0 aliphatic heterocycles. The monoisotopic (exact) mass is 429 g/mol. The van der Waals surface area contributed by atoms with Crippen LogP contribution in [0.2, 0.25) is 0 Å². The van der Waals surface area contributed by atoms with Crippen molar-refractivity contribution in [2.45, 2.75) is 31.8 Å². The number of amides is 3. The summed E-state index contributed by atoms with van der Waals surface area (Å²) in [5.41, 5.74) is 0. The van der Waals surface area contributed by atoms with Crippen LogP contribution in [0.4, 0.5) is 0 Å². The van der Waals surface area contributed by atoms with Crippen LogP contribution in [0.25, 0.3) is 0 Å². The SMILES string of the molecule is CC(=O)N[C@@H](CCC(=O)N[C@@H](CSP(=O)(O)O)C(=O)NCC(=O)O)C(=O)O. The molecule has 0 aliphatic rings. The predicted molar refractivity (Wildman–Crippen MR) is 91.6 cm³/mol. The van der Waals surface area contributed by atoms with Crippen molar-refractivity contribution in [1.29, 1.82) is 0 Å². The zero-order valence-electron chi connectivity index (χ0n) is 14.1. The van der Waals surface area contributed by atoms with Crippen LogP contribution in [0.3, 0.4) is 0 Å². The number of aliphatic carboxylic acids is 2. The summed E-state index contributed by atoms with van der Waals surface area (Å²) < 4.78 is 10.9. The van der Waals surface area contributed by atoms with Crippen molar-refractivity contribution in [2.24, 2.45) is 0 Å². The molecule has 0 bridgehead atoms. The van der Waals surface area contributed by atoms with Gasteiger partial charge in [0, 0.05) is 19.1 Å². The molecule has 154 valence electrons. The van der Waals surface area contributed by atoms with Gasteiger partial charge in [-0.1, -0.05) is 0 Å². The molecule has 0 unspecified atom stereocenters. The Bertz CT molecular complexity index is 637. The Balaban J connectivity index is 4.86. The van der Waals surface area contributed by atoms with Crippen LogP contribution in [0.1, 0.15) is 19.8 Å². The van der Waals surface area contributed by atoms with Crippen molar-refractivity contribution in [2.75, 3.05) is 12.3 Å². The molecule has 15 heteroatoms. The lowest BCUT2D eigenvalue weighted by molar-refractivity contribution is -0.142. The number of hydrogen-bond acceptors (Lipinski definition) is 7. The highest BCUT2D eigenvalue weighted by Gasteiger charge is 2.26. The Hall–Kier alpha value is -2.15. The second kappa shape index (κ2) is 11.5. The van der Waals surface area contributed by atoms with Crippen LogP contribution in [-0.2, 0) is 28.5 Å². The van der Waals surface area contributed by atoms with Gasteiger partial charge in [0.2, 0.25) is 17.7 Å². The summed E-state index contributed by atoms with van der Waals surface area (Å²) in [5, 5.41) is 23.7. The molecule has 7 N–H and O–H groups in total. The highest BCUT2D eigenvalue weighted by Crippen LogP contribution is 2.50. The largest absolute Gasteiger partial charge is 0.480 e. The van der Waals surface area contributed by atoms with Gasteiger partial charge in [-0.2, -0.15) is 0 Å². The van der Waals surface area contributed by atoms with Crippen molar-refractivity contribution in [3.63, 3.8) is 0 Å². The molecular weight excluding hydrogens is 409 g/mol. The van der Waals surface area contributed by atoms with Gasteiger partial charge in [-0.15, -0.1) is 0 Å². The fraction of sp³-hybridized carbons (Fsp3) is 0.583. The van der Waals surface area contributed by atoms with Crippen molar-refractivity contribution >= 4 is 47.8 Å². The molecule has 0 spiro atoms. The highest BCUT2D eigenvalue weighted by atomic mass is 32.7. The zero-order chi connectivity index (χ0) is 21.2. The number of nitrogens with one attached hydrogen (secondary N) is 3. The van der Waals surface area contributed by atoms with Gasteiger partial charge in [-0.3, -0.25) is 19.2 Å². The molecule has 0 fully saturated rings. The molecular formula is C12H20N3O10PS. The summed E-state index contributed by atoms with van der Waals surface area (Å²) in [6.45, 7) is -4.23. The van der Waals surface area contributed by atoms with Crippen LogP contribution in [0, 0.1) is 0 Å². The first-order valence-electron chi connectivity index (χ1n) is 7.30. The summed E-state index contributed by atoms with van der Waals surface area (Å²) in [6, 6.07) is -2.80. The zero-order valence-corrected chi connectivity index (χ0v) is 15.8. The molecule has 0 aromatic rings. The maximum atomic E-state index is 11.9. The molecule has 0 saturated carbocycles. The maximum absolute atomic E-state index is 11.9. The van der Waals surface area contributed by atoms with Crippen molar-refractivity contribution in [1.82, 2.24) is 16.0 Å². The third-order valence-corrected chi connectivity index (χ3v) is 5.09. The lowest BCUT2D eigenvalue weighted by atomic mass is 10.1. The average Bonchev–Trinajstić information content (AvgIpc) is 2.51. The molecule has 0 heterocycles. The number of carbonyl (C=O) groups is 5. The molecule has 0 aliphatic carbocycles. The van der Waals surface area contributed by atoms with Crippen LogP contribution in [-0.4, -0.2) is 74.0 Å². The van der Waals surface area contributed by atoms with Crippen LogP contribution in [0.5, 0.6) is 0 Å². The van der Waals surface area contributed by atoms with Gasteiger partial charge in [0.15, 0.2) is 0 Å². The fourth-order valence-corrected chi connectivity index (χ4v) is 3.29. The molecule has 27 heavy (non-hydrogen) atoms. The van der Waals surface area contributed by atoms with Crippen LogP contribution < -0.4 is 16.0 Å². The molecule has 13 nitrogen and oxygen atoms in total.